The number of amides is 2. The molecule has 1 saturated heterocycles. The van der Waals surface area contributed by atoms with Gasteiger partial charge in [0.1, 0.15) is 11.5 Å². The summed E-state index contributed by atoms with van der Waals surface area (Å²) < 4.78 is 0. The monoisotopic (exact) mass is 354 g/mol. The molecular formula is C19H22N4O3. The fraction of sp³-hybridized carbons (Fsp3) is 0.368. The third-order valence-corrected chi connectivity index (χ3v) is 4.41. The number of benzene rings is 1. The van der Waals surface area contributed by atoms with Crippen molar-refractivity contribution in [3.63, 3.8) is 0 Å². The van der Waals surface area contributed by atoms with Crippen LogP contribution in [-0.2, 0) is 0 Å². The summed E-state index contributed by atoms with van der Waals surface area (Å²) in [6.07, 6.45) is -0.349. The summed E-state index contributed by atoms with van der Waals surface area (Å²) >= 11 is 0. The smallest absolute Gasteiger partial charge is 0.270 e. The van der Waals surface area contributed by atoms with Gasteiger partial charge in [-0.25, -0.2) is 9.97 Å². The SMILES string of the molecule is Cc1cc(C(=O)N[C@@H]2CCN(C(=O)c3ccccc3)C[C@H]2O)nc(C)n1. The summed E-state index contributed by atoms with van der Waals surface area (Å²) in [6.45, 7) is 4.18. The number of aromatic nitrogens is 2. The van der Waals surface area contributed by atoms with Gasteiger partial charge >= 0.3 is 0 Å². The fourth-order valence-corrected chi connectivity index (χ4v) is 3.12. The average Bonchev–Trinajstić information content (AvgIpc) is 2.62. The molecule has 1 aromatic carbocycles. The molecule has 1 aliphatic rings. The molecule has 2 N–H and O–H groups in total. The Bertz CT molecular complexity index is 789. The maximum Gasteiger partial charge on any atom is 0.270 e. The quantitative estimate of drug-likeness (QED) is 0.861. The van der Waals surface area contributed by atoms with Crippen molar-refractivity contribution in [3.05, 3.63) is 59.2 Å². The van der Waals surface area contributed by atoms with Gasteiger partial charge in [0, 0.05) is 24.3 Å². The first-order valence-electron chi connectivity index (χ1n) is 8.59. The molecule has 136 valence electrons. The largest absolute Gasteiger partial charge is 0.389 e. The van der Waals surface area contributed by atoms with Crippen LogP contribution in [-0.4, -0.2) is 57.0 Å². The topological polar surface area (TPSA) is 95.4 Å². The second-order valence-electron chi connectivity index (χ2n) is 6.49. The molecule has 3 rings (SSSR count). The Kier molecular flexibility index (Phi) is 5.27. The van der Waals surface area contributed by atoms with Crippen molar-refractivity contribution in [3.8, 4) is 0 Å². The minimum atomic E-state index is -0.829. The van der Waals surface area contributed by atoms with Gasteiger partial charge in [-0.2, -0.15) is 0 Å². The van der Waals surface area contributed by atoms with Gasteiger partial charge in [0.15, 0.2) is 0 Å². The molecular weight excluding hydrogens is 332 g/mol. The first kappa shape index (κ1) is 18.0. The Morgan fingerprint density at radius 3 is 2.58 bits per heavy atom. The molecule has 26 heavy (non-hydrogen) atoms. The van der Waals surface area contributed by atoms with Crippen LogP contribution < -0.4 is 5.32 Å². The maximum absolute atomic E-state index is 12.5. The number of aryl methyl sites for hydroxylation is 2. The van der Waals surface area contributed by atoms with Crippen molar-refractivity contribution in [1.29, 1.82) is 0 Å². The van der Waals surface area contributed by atoms with E-state index in [0.29, 0.717) is 30.0 Å². The van der Waals surface area contributed by atoms with Crippen molar-refractivity contribution in [2.45, 2.75) is 32.4 Å². The number of piperidine rings is 1. The lowest BCUT2D eigenvalue weighted by molar-refractivity contribution is 0.0314. The highest BCUT2D eigenvalue weighted by Gasteiger charge is 2.31. The molecule has 0 unspecified atom stereocenters. The number of β-amino-alcohol motifs (C(OH)–C–C–N with tert-alkyl or cyclic N) is 1. The number of aliphatic hydroxyl groups excluding tert-OH is 1. The predicted octanol–water partition coefficient (Wildman–Crippen LogP) is 1.10. The Morgan fingerprint density at radius 1 is 1.19 bits per heavy atom. The molecule has 0 bridgehead atoms. The van der Waals surface area contributed by atoms with Crippen LogP contribution in [0.2, 0.25) is 0 Å². The van der Waals surface area contributed by atoms with Crippen LogP contribution in [0.3, 0.4) is 0 Å². The van der Waals surface area contributed by atoms with E-state index in [2.05, 4.69) is 15.3 Å². The summed E-state index contributed by atoms with van der Waals surface area (Å²) in [6, 6.07) is 10.2. The average molecular weight is 354 g/mol. The maximum atomic E-state index is 12.5. The van der Waals surface area contributed by atoms with E-state index in [1.54, 1.807) is 36.9 Å². The van der Waals surface area contributed by atoms with Crippen molar-refractivity contribution < 1.29 is 14.7 Å². The Labute approximate surface area is 152 Å². The van der Waals surface area contributed by atoms with E-state index < -0.39 is 12.1 Å². The van der Waals surface area contributed by atoms with Gasteiger partial charge in [-0.05, 0) is 38.5 Å². The van der Waals surface area contributed by atoms with E-state index in [0.717, 1.165) is 0 Å². The van der Waals surface area contributed by atoms with E-state index in [1.807, 2.05) is 18.2 Å². The number of carbonyl (C=O) groups is 2. The van der Waals surface area contributed by atoms with E-state index in [9.17, 15) is 14.7 Å². The highest BCUT2D eigenvalue weighted by atomic mass is 16.3. The Hall–Kier alpha value is -2.80. The van der Waals surface area contributed by atoms with Crippen LogP contribution in [0.15, 0.2) is 36.4 Å². The zero-order valence-corrected chi connectivity index (χ0v) is 14.8. The number of nitrogens with one attached hydrogen (secondary N) is 1. The Morgan fingerprint density at radius 2 is 1.92 bits per heavy atom. The zero-order chi connectivity index (χ0) is 18.7. The van der Waals surface area contributed by atoms with Crippen molar-refractivity contribution >= 4 is 11.8 Å². The second kappa shape index (κ2) is 7.61. The number of nitrogens with zero attached hydrogens (tertiary/aromatic N) is 3. The normalized spacial score (nSPS) is 19.9. The van der Waals surface area contributed by atoms with Crippen LogP contribution in [0.5, 0.6) is 0 Å². The van der Waals surface area contributed by atoms with Gasteiger partial charge in [0.25, 0.3) is 11.8 Å². The standard InChI is InChI=1S/C19H22N4O3/c1-12-10-16(21-13(2)20-12)18(25)22-15-8-9-23(11-17(15)24)19(26)14-6-4-3-5-7-14/h3-7,10,15,17,24H,8-9,11H2,1-2H3,(H,22,25)/t15-,17-/m1/s1. The molecule has 1 aromatic heterocycles. The summed E-state index contributed by atoms with van der Waals surface area (Å²) in [5.41, 5.74) is 1.59. The van der Waals surface area contributed by atoms with Crippen molar-refractivity contribution in [2.24, 2.45) is 0 Å². The highest BCUT2D eigenvalue weighted by molar-refractivity contribution is 5.94. The molecule has 1 fully saturated rings. The number of hydrogen-bond acceptors (Lipinski definition) is 5. The number of carbonyl (C=O) groups excluding carboxylic acids is 2. The van der Waals surface area contributed by atoms with Crippen molar-refractivity contribution in [2.75, 3.05) is 13.1 Å². The van der Waals surface area contributed by atoms with Gasteiger partial charge in [-0.1, -0.05) is 18.2 Å². The van der Waals surface area contributed by atoms with Crippen LogP contribution >= 0.6 is 0 Å². The van der Waals surface area contributed by atoms with Gasteiger partial charge < -0.3 is 15.3 Å². The molecule has 2 amide bonds. The molecule has 2 atom stereocenters. The van der Waals surface area contributed by atoms with Crippen molar-refractivity contribution in [1.82, 2.24) is 20.2 Å². The molecule has 0 saturated carbocycles. The second-order valence-corrected chi connectivity index (χ2v) is 6.49. The van der Waals surface area contributed by atoms with Gasteiger partial charge in [-0.15, -0.1) is 0 Å². The van der Waals surface area contributed by atoms with E-state index in [4.69, 9.17) is 0 Å². The molecule has 2 heterocycles. The molecule has 7 heteroatoms. The van der Waals surface area contributed by atoms with Crippen LogP contribution in [0, 0.1) is 13.8 Å². The first-order chi connectivity index (χ1) is 12.4. The highest BCUT2D eigenvalue weighted by Crippen LogP contribution is 2.15. The number of aliphatic hydroxyl groups is 1. The number of likely N-dealkylation sites (tertiary alicyclic amines) is 1. The van der Waals surface area contributed by atoms with E-state index in [-0.39, 0.29) is 24.1 Å². The van der Waals surface area contributed by atoms with Gasteiger partial charge in [-0.3, -0.25) is 9.59 Å². The lowest BCUT2D eigenvalue weighted by atomic mass is 10.0. The third-order valence-electron chi connectivity index (χ3n) is 4.41. The van der Waals surface area contributed by atoms with Gasteiger partial charge in [0.05, 0.1) is 12.1 Å². The fourth-order valence-electron chi connectivity index (χ4n) is 3.12. The number of hydrogen-bond donors (Lipinski definition) is 2. The summed E-state index contributed by atoms with van der Waals surface area (Å²) in [4.78, 5) is 34.8. The van der Waals surface area contributed by atoms with Crippen LogP contribution in [0.4, 0.5) is 0 Å². The molecule has 2 aromatic rings. The lowest BCUT2D eigenvalue weighted by Crippen LogP contribution is -2.55. The first-order valence-corrected chi connectivity index (χ1v) is 8.59. The van der Waals surface area contributed by atoms with E-state index in [1.165, 1.54) is 0 Å². The lowest BCUT2D eigenvalue weighted by Gasteiger charge is -2.36. The zero-order valence-electron chi connectivity index (χ0n) is 14.8. The minimum Gasteiger partial charge on any atom is -0.389 e. The van der Waals surface area contributed by atoms with E-state index >= 15 is 0 Å². The summed E-state index contributed by atoms with van der Waals surface area (Å²) in [5.74, 6) is 0.0703. The predicted molar refractivity (Wildman–Crippen MR) is 95.7 cm³/mol. The van der Waals surface area contributed by atoms with Crippen LogP contribution in [0.1, 0.15) is 38.8 Å². The summed E-state index contributed by atoms with van der Waals surface area (Å²) in [5, 5.41) is 13.2. The summed E-state index contributed by atoms with van der Waals surface area (Å²) in [7, 11) is 0. The minimum absolute atomic E-state index is 0.114. The molecule has 7 nitrogen and oxygen atoms in total. The molecule has 0 spiro atoms. The molecule has 0 aliphatic carbocycles. The third kappa shape index (κ3) is 4.05. The van der Waals surface area contributed by atoms with Crippen LogP contribution in [0.25, 0.3) is 0 Å². The van der Waals surface area contributed by atoms with Gasteiger partial charge in [0.2, 0.25) is 0 Å². The molecule has 0 radical (unpaired) electrons. The Balaban J connectivity index is 1.62. The number of rotatable bonds is 3. The molecule has 1 aliphatic heterocycles.